The van der Waals surface area contributed by atoms with Crippen LogP contribution in [0.5, 0.6) is 5.75 Å². The molecule has 1 aromatic rings. The summed E-state index contributed by atoms with van der Waals surface area (Å²) in [6, 6.07) is 9.96. The second kappa shape index (κ2) is 6.87. The standard InChI is InChI=1S/C14H20ClNO/c15-13-9-12(10-13)11-16-7-4-8-17-14-5-2-1-3-6-14/h1-3,5-6,12-13,16H,4,7-11H2. The maximum absolute atomic E-state index is 5.93. The number of alkyl halides is 1. The second-order valence-corrected chi connectivity index (χ2v) is 5.27. The molecule has 0 saturated heterocycles. The minimum atomic E-state index is 0.434. The zero-order valence-corrected chi connectivity index (χ0v) is 10.8. The van der Waals surface area contributed by atoms with Gasteiger partial charge in [-0.3, -0.25) is 0 Å². The van der Waals surface area contributed by atoms with Crippen molar-refractivity contribution in [3.8, 4) is 5.75 Å². The average molecular weight is 254 g/mol. The summed E-state index contributed by atoms with van der Waals surface area (Å²) in [5, 5.41) is 3.89. The van der Waals surface area contributed by atoms with Crippen molar-refractivity contribution in [2.45, 2.75) is 24.6 Å². The first kappa shape index (κ1) is 12.7. The van der Waals surface area contributed by atoms with E-state index in [-0.39, 0.29) is 0 Å². The zero-order chi connectivity index (χ0) is 11.9. The molecule has 0 bridgehead atoms. The van der Waals surface area contributed by atoms with Crippen molar-refractivity contribution in [1.29, 1.82) is 0 Å². The fourth-order valence-corrected chi connectivity index (χ4v) is 2.54. The quantitative estimate of drug-likeness (QED) is 0.596. The normalized spacial score (nSPS) is 23.1. The summed E-state index contributed by atoms with van der Waals surface area (Å²) in [5.41, 5.74) is 0. The molecule has 2 rings (SSSR count). The number of para-hydroxylation sites is 1. The van der Waals surface area contributed by atoms with E-state index in [0.29, 0.717) is 5.38 Å². The van der Waals surface area contributed by atoms with Gasteiger partial charge in [-0.2, -0.15) is 0 Å². The molecule has 1 saturated carbocycles. The Morgan fingerprint density at radius 2 is 2.00 bits per heavy atom. The molecule has 0 amide bonds. The summed E-state index contributed by atoms with van der Waals surface area (Å²) >= 11 is 5.93. The van der Waals surface area contributed by atoms with Crippen LogP contribution in [0.15, 0.2) is 30.3 Å². The average Bonchev–Trinajstić information content (AvgIpc) is 2.32. The van der Waals surface area contributed by atoms with Crippen LogP contribution < -0.4 is 10.1 Å². The van der Waals surface area contributed by atoms with E-state index in [1.54, 1.807) is 0 Å². The number of ether oxygens (including phenoxy) is 1. The zero-order valence-electron chi connectivity index (χ0n) is 10.1. The summed E-state index contributed by atoms with van der Waals surface area (Å²) < 4.78 is 5.61. The molecular weight excluding hydrogens is 234 g/mol. The number of hydrogen-bond donors (Lipinski definition) is 1. The van der Waals surface area contributed by atoms with Gasteiger partial charge < -0.3 is 10.1 Å². The van der Waals surface area contributed by atoms with Crippen LogP contribution in [-0.2, 0) is 0 Å². The lowest BCUT2D eigenvalue weighted by atomic mass is 9.85. The molecule has 1 aliphatic carbocycles. The van der Waals surface area contributed by atoms with E-state index in [2.05, 4.69) is 5.32 Å². The molecule has 17 heavy (non-hydrogen) atoms. The number of rotatable bonds is 7. The lowest BCUT2D eigenvalue weighted by Crippen LogP contribution is -2.34. The van der Waals surface area contributed by atoms with Crippen molar-refractivity contribution < 1.29 is 4.74 Å². The Morgan fingerprint density at radius 3 is 2.71 bits per heavy atom. The van der Waals surface area contributed by atoms with Crippen LogP contribution in [0.2, 0.25) is 0 Å². The van der Waals surface area contributed by atoms with Crippen LogP contribution >= 0.6 is 11.6 Å². The summed E-state index contributed by atoms with van der Waals surface area (Å²) in [4.78, 5) is 0. The minimum Gasteiger partial charge on any atom is -0.494 e. The molecule has 1 aliphatic rings. The molecule has 1 aromatic carbocycles. The van der Waals surface area contributed by atoms with E-state index >= 15 is 0 Å². The first-order chi connectivity index (χ1) is 8.34. The second-order valence-electron chi connectivity index (χ2n) is 4.65. The van der Waals surface area contributed by atoms with Gasteiger partial charge in [-0.15, -0.1) is 11.6 Å². The maximum atomic E-state index is 5.93. The highest BCUT2D eigenvalue weighted by molar-refractivity contribution is 6.21. The van der Waals surface area contributed by atoms with E-state index in [4.69, 9.17) is 16.3 Å². The van der Waals surface area contributed by atoms with Crippen LogP contribution in [-0.4, -0.2) is 25.1 Å². The molecule has 2 nitrogen and oxygen atoms in total. The van der Waals surface area contributed by atoms with Crippen LogP contribution in [0, 0.1) is 5.92 Å². The van der Waals surface area contributed by atoms with Gasteiger partial charge in [-0.25, -0.2) is 0 Å². The molecule has 3 heteroatoms. The summed E-state index contributed by atoms with van der Waals surface area (Å²) in [6.45, 7) is 2.91. The van der Waals surface area contributed by atoms with Gasteiger partial charge in [0, 0.05) is 5.38 Å². The van der Waals surface area contributed by atoms with Gasteiger partial charge in [0.15, 0.2) is 0 Å². The largest absolute Gasteiger partial charge is 0.494 e. The molecule has 0 aromatic heterocycles. The molecular formula is C14H20ClNO. The number of nitrogens with one attached hydrogen (secondary N) is 1. The molecule has 0 radical (unpaired) electrons. The Bertz CT molecular complexity index is 311. The van der Waals surface area contributed by atoms with E-state index in [1.165, 1.54) is 12.8 Å². The fraction of sp³-hybridized carbons (Fsp3) is 0.571. The number of halogens is 1. The van der Waals surface area contributed by atoms with Gasteiger partial charge in [0.25, 0.3) is 0 Å². The topological polar surface area (TPSA) is 21.3 Å². The monoisotopic (exact) mass is 253 g/mol. The fourth-order valence-electron chi connectivity index (χ4n) is 2.03. The summed E-state index contributed by atoms with van der Waals surface area (Å²) in [7, 11) is 0. The maximum Gasteiger partial charge on any atom is 0.119 e. The Morgan fingerprint density at radius 1 is 1.24 bits per heavy atom. The van der Waals surface area contributed by atoms with E-state index in [1.807, 2.05) is 30.3 Å². The van der Waals surface area contributed by atoms with Crippen molar-refractivity contribution in [2.24, 2.45) is 5.92 Å². The molecule has 94 valence electrons. The van der Waals surface area contributed by atoms with Gasteiger partial charge in [0.05, 0.1) is 6.61 Å². The third kappa shape index (κ3) is 4.57. The highest BCUT2D eigenvalue weighted by Crippen LogP contribution is 2.30. The van der Waals surface area contributed by atoms with Crippen molar-refractivity contribution in [3.05, 3.63) is 30.3 Å². The van der Waals surface area contributed by atoms with Crippen molar-refractivity contribution in [1.82, 2.24) is 5.32 Å². The molecule has 1 N–H and O–H groups in total. The molecule has 0 atom stereocenters. The Balaban J connectivity index is 1.44. The Kier molecular flexibility index (Phi) is 5.14. The first-order valence-electron chi connectivity index (χ1n) is 6.37. The van der Waals surface area contributed by atoms with Crippen LogP contribution in [0.4, 0.5) is 0 Å². The van der Waals surface area contributed by atoms with Gasteiger partial charge in [0.2, 0.25) is 0 Å². The minimum absolute atomic E-state index is 0.434. The van der Waals surface area contributed by atoms with Crippen molar-refractivity contribution >= 4 is 11.6 Å². The highest BCUT2D eigenvalue weighted by Gasteiger charge is 2.26. The lowest BCUT2D eigenvalue weighted by Gasteiger charge is -2.30. The first-order valence-corrected chi connectivity index (χ1v) is 6.81. The van der Waals surface area contributed by atoms with Gasteiger partial charge in [0.1, 0.15) is 5.75 Å². The SMILES string of the molecule is ClC1CC(CNCCCOc2ccccc2)C1. The molecule has 0 spiro atoms. The highest BCUT2D eigenvalue weighted by atomic mass is 35.5. The van der Waals surface area contributed by atoms with Crippen molar-refractivity contribution in [3.63, 3.8) is 0 Å². The van der Waals surface area contributed by atoms with E-state index < -0.39 is 0 Å². The van der Waals surface area contributed by atoms with Gasteiger partial charge in [-0.05, 0) is 50.4 Å². The van der Waals surface area contributed by atoms with Crippen LogP contribution in [0.25, 0.3) is 0 Å². The summed E-state index contributed by atoms with van der Waals surface area (Å²) in [6.07, 6.45) is 3.40. The molecule has 1 fully saturated rings. The van der Waals surface area contributed by atoms with Crippen LogP contribution in [0.1, 0.15) is 19.3 Å². The van der Waals surface area contributed by atoms with Gasteiger partial charge in [-0.1, -0.05) is 18.2 Å². The number of hydrogen-bond acceptors (Lipinski definition) is 2. The third-order valence-electron chi connectivity index (χ3n) is 3.12. The molecule has 0 heterocycles. The third-order valence-corrected chi connectivity index (χ3v) is 3.48. The lowest BCUT2D eigenvalue weighted by molar-refractivity contribution is 0.288. The smallest absolute Gasteiger partial charge is 0.119 e. The van der Waals surface area contributed by atoms with Crippen LogP contribution in [0.3, 0.4) is 0 Å². The summed E-state index contributed by atoms with van der Waals surface area (Å²) in [5.74, 6) is 1.75. The van der Waals surface area contributed by atoms with E-state index in [0.717, 1.165) is 37.8 Å². The molecule has 0 unspecified atom stereocenters. The van der Waals surface area contributed by atoms with E-state index in [9.17, 15) is 0 Å². The predicted molar refractivity (Wildman–Crippen MR) is 71.8 cm³/mol. The van der Waals surface area contributed by atoms with Gasteiger partial charge >= 0.3 is 0 Å². The Labute approximate surface area is 108 Å². The number of benzene rings is 1. The predicted octanol–water partition coefficient (Wildman–Crippen LogP) is 3.06. The van der Waals surface area contributed by atoms with Crippen molar-refractivity contribution in [2.75, 3.05) is 19.7 Å². The molecule has 0 aliphatic heterocycles. The Hall–Kier alpha value is -0.730.